The number of thiophene rings is 1. The topological polar surface area (TPSA) is 23.8 Å². The molecule has 1 heterocycles. The maximum Gasteiger partial charge on any atom is 0.101 e. The van der Waals surface area contributed by atoms with E-state index in [1.807, 2.05) is 12.1 Å². The Labute approximate surface area is 102 Å². The van der Waals surface area contributed by atoms with Crippen LogP contribution in [0.5, 0.6) is 0 Å². The minimum atomic E-state index is 0.739. The maximum absolute atomic E-state index is 8.98. The summed E-state index contributed by atoms with van der Waals surface area (Å²) in [6, 6.07) is 6.18. The first-order valence-corrected chi connectivity index (χ1v) is 6.24. The lowest BCUT2D eigenvalue weighted by Crippen LogP contribution is -1.79. The molecule has 1 aromatic carbocycles. The number of fused-ring (bicyclic) bond motifs is 1. The van der Waals surface area contributed by atoms with Crippen molar-refractivity contribution in [2.24, 2.45) is 0 Å². The molecule has 2 aromatic rings. The van der Waals surface area contributed by atoms with Crippen LogP contribution in [0.3, 0.4) is 0 Å². The lowest BCUT2D eigenvalue weighted by Gasteiger charge is -1.97. The molecule has 0 bridgehead atoms. The molecule has 0 amide bonds. The molecule has 0 aliphatic rings. The van der Waals surface area contributed by atoms with E-state index in [0.717, 1.165) is 19.0 Å². The van der Waals surface area contributed by atoms with Crippen LogP contribution in [0.2, 0.25) is 0 Å². The molecule has 2 rings (SSSR count). The van der Waals surface area contributed by atoms with E-state index >= 15 is 0 Å². The Morgan fingerprint density at radius 1 is 1.46 bits per heavy atom. The molecule has 0 aliphatic carbocycles. The number of benzene rings is 1. The van der Waals surface area contributed by atoms with Crippen LogP contribution in [0.1, 0.15) is 5.56 Å². The Morgan fingerprint density at radius 3 is 2.92 bits per heavy atom. The first-order valence-electron chi connectivity index (χ1n) is 3.49. The SMILES string of the molecule is N#Cc1c(Br)ccc2scc(I)c12. The number of hydrogen-bond donors (Lipinski definition) is 0. The van der Waals surface area contributed by atoms with Crippen molar-refractivity contribution < 1.29 is 0 Å². The maximum atomic E-state index is 8.98. The second-order valence-corrected chi connectivity index (χ2v) is 5.42. The van der Waals surface area contributed by atoms with Crippen LogP contribution in [-0.2, 0) is 0 Å². The van der Waals surface area contributed by atoms with Gasteiger partial charge in [0.2, 0.25) is 0 Å². The fourth-order valence-corrected chi connectivity index (χ4v) is 3.55. The molecule has 0 aliphatic heterocycles. The summed E-state index contributed by atoms with van der Waals surface area (Å²) in [7, 11) is 0. The van der Waals surface area contributed by atoms with Crippen LogP contribution in [0.4, 0.5) is 0 Å². The minimum absolute atomic E-state index is 0.739. The molecule has 1 nitrogen and oxygen atoms in total. The first-order chi connectivity index (χ1) is 6.24. The van der Waals surface area contributed by atoms with E-state index in [4.69, 9.17) is 5.26 Å². The highest BCUT2D eigenvalue weighted by molar-refractivity contribution is 14.1. The lowest BCUT2D eigenvalue weighted by molar-refractivity contribution is 1.49. The molecular weight excluding hydrogens is 361 g/mol. The van der Waals surface area contributed by atoms with E-state index in [1.54, 1.807) is 11.3 Å². The highest BCUT2D eigenvalue weighted by Crippen LogP contribution is 2.33. The van der Waals surface area contributed by atoms with Crippen molar-refractivity contribution in [2.75, 3.05) is 0 Å². The Morgan fingerprint density at radius 2 is 2.23 bits per heavy atom. The lowest BCUT2D eigenvalue weighted by atomic mass is 10.1. The van der Waals surface area contributed by atoms with Gasteiger partial charge in [-0.3, -0.25) is 0 Å². The third-order valence-corrected chi connectivity index (χ3v) is 4.64. The Bertz CT molecular complexity index is 512. The van der Waals surface area contributed by atoms with Crippen molar-refractivity contribution in [3.05, 3.63) is 31.1 Å². The monoisotopic (exact) mass is 363 g/mol. The van der Waals surface area contributed by atoms with Gasteiger partial charge in [0.15, 0.2) is 0 Å². The summed E-state index contributed by atoms with van der Waals surface area (Å²) >= 11 is 7.31. The van der Waals surface area contributed by atoms with E-state index in [2.05, 4.69) is 50.0 Å². The summed E-state index contributed by atoms with van der Waals surface area (Å²) in [6.07, 6.45) is 0. The van der Waals surface area contributed by atoms with Gasteiger partial charge in [-0.05, 0) is 50.7 Å². The van der Waals surface area contributed by atoms with Gasteiger partial charge >= 0.3 is 0 Å². The van der Waals surface area contributed by atoms with Crippen molar-refractivity contribution in [2.45, 2.75) is 0 Å². The van der Waals surface area contributed by atoms with E-state index in [0.29, 0.717) is 0 Å². The van der Waals surface area contributed by atoms with Crippen molar-refractivity contribution in [1.82, 2.24) is 0 Å². The van der Waals surface area contributed by atoms with Crippen LogP contribution in [0.25, 0.3) is 10.1 Å². The molecule has 0 unspecified atom stereocenters. The number of hydrogen-bond acceptors (Lipinski definition) is 2. The van der Waals surface area contributed by atoms with Crippen molar-refractivity contribution in [1.29, 1.82) is 5.26 Å². The van der Waals surface area contributed by atoms with Gasteiger partial charge in [0.25, 0.3) is 0 Å². The predicted octanol–water partition coefficient (Wildman–Crippen LogP) is 4.14. The van der Waals surface area contributed by atoms with Gasteiger partial charge in [-0.25, -0.2) is 0 Å². The van der Waals surface area contributed by atoms with Crippen molar-refractivity contribution in [3.63, 3.8) is 0 Å². The fourth-order valence-electron chi connectivity index (χ4n) is 1.18. The zero-order valence-electron chi connectivity index (χ0n) is 6.34. The van der Waals surface area contributed by atoms with Gasteiger partial charge in [0.05, 0.1) is 5.56 Å². The van der Waals surface area contributed by atoms with Gasteiger partial charge in [0, 0.05) is 23.5 Å². The average molecular weight is 364 g/mol. The summed E-state index contributed by atoms with van der Waals surface area (Å²) in [5.41, 5.74) is 0.739. The zero-order chi connectivity index (χ0) is 9.42. The molecular formula is C9H3BrINS. The minimum Gasteiger partial charge on any atom is -0.192 e. The molecule has 1 aromatic heterocycles. The molecule has 13 heavy (non-hydrogen) atoms. The van der Waals surface area contributed by atoms with Crippen LogP contribution < -0.4 is 0 Å². The second-order valence-electron chi connectivity index (χ2n) is 2.49. The first kappa shape index (κ1) is 9.44. The van der Waals surface area contributed by atoms with Gasteiger partial charge in [-0.2, -0.15) is 5.26 Å². The number of halogens is 2. The molecule has 4 heteroatoms. The van der Waals surface area contributed by atoms with E-state index in [9.17, 15) is 0 Å². The fraction of sp³-hybridized carbons (Fsp3) is 0. The smallest absolute Gasteiger partial charge is 0.101 e. The molecule has 0 saturated carbocycles. The Kier molecular flexibility index (Phi) is 2.58. The van der Waals surface area contributed by atoms with Gasteiger partial charge in [-0.1, -0.05) is 0 Å². The molecule has 0 radical (unpaired) electrons. The molecule has 0 atom stereocenters. The highest BCUT2D eigenvalue weighted by Gasteiger charge is 2.09. The van der Waals surface area contributed by atoms with Crippen LogP contribution in [0.15, 0.2) is 22.0 Å². The molecule has 0 spiro atoms. The van der Waals surface area contributed by atoms with Crippen molar-refractivity contribution >= 4 is 59.9 Å². The van der Waals surface area contributed by atoms with Gasteiger partial charge < -0.3 is 0 Å². The van der Waals surface area contributed by atoms with Crippen LogP contribution in [0, 0.1) is 14.9 Å². The molecule has 0 saturated heterocycles. The van der Waals surface area contributed by atoms with Gasteiger partial charge in [0.1, 0.15) is 6.07 Å². The summed E-state index contributed by atoms with van der Waals surface area (Å²) in [5, 5.41) is 12.1. The standard InChI is InChI=1S/C9H3BrINS/c10-6-1-2-8-9(5(6)3-12)7(11)4-13-8/h1-2,4H. The number of rotatable bonds is 0. The summed E-state index contributed by atoms with van der Waals surface area (Å²) in [5.74, 6) is 0. The predicted molar refractivity (Wildman–Crippen MR) is 67.0 cm³/mol. The largest absolute Gasteiger partial charge is 0.192 e. The normalized spacial score (nSPS) is 10.2. The zero-order valence-corrected chi connectivity index (χ0v) is 10.9. The third-order valence-electron chi connectivity index (χ3n) is 1.76. The molecule has 0 fully saturated rings. The quantitative estimate of drug-likeness (QED) is 0.645. The average Bonchev–Trinajstić information content (AvgIpc) is 2.49. The Balaban J connectivity index is 2.99. The van der Waals surface area contributed by atoms with E-state index in [1.165, 1.54) is 4.70 Å². The van der Waals surface area contributed by atoms with Crippen LogP contribution >= 0.6 is 49.9 Å². The second kappa shape index (κ2) is 3.56. The summed E-state index contributed by atoms with van der Waals surface area (Å²) < 4.78 is 3.19. The molecule has 64 valence electrons. The highest BCUT2D eigenvalue weighted by atomic mass is 127. The number of nitriles is 1. The van der Waals surface area contributed by atoms with Gasteiger partial charge in [-0.15, -0.1) is 11.3 Å². The van der Waals surface area contributed by atoms with Crippen LogP contribution in [-0.4, -0.2) is 0 Å². The summed E-state index contributed by atoms with van der Waals surface area (Å²) in [6.45, 7) is 0. The third kappa shape index (κ3) is 1.49. The van der Waals surface area contributed by atoms with E-state index < -0.39 is 0 Å². The summed E-state index contributed by atoms with van der Waals surface area (Å²) in [4.78, 5) is 0. The Hall–Kier alpha value is -0.120. The van der Waals surface area contributed by atoms with E-state index in [-0.39, 0.29) is 0 Å². The molecule has 0 N–H and O–H groups in total. The van der Waals surface area contributed by atoms with Crippen molar-refractivity contribution in [3.8, 4) is 6.07 Å². The number of nitrogens with zero attached hydrogens (tertiary/aromatic N) is 1.